The Morgan fingerprint density at radius 3 is 2.59 bits per heavy atom. The SMILES string of the molecule is COC(=O)CCc1coc(C2CCC(Cc3ccccc3)(C(=O)O)CC2)n1. The van der Waals surface area contributed by atoms with Gasteiger partial charge in [-0.3, -0.25) is 9.59 Å². The van der Waals surface area contributed by atoms with Crippen molar-refractivity contribution in [1.82, 2.24) is 4.98 Å². The molecular formula is C21H25NO5. The second-order valence-electron chi connectivity index (χ2n) is 7.28. The summed E-state index contributed by atoms with van der Waals surface area (Å²) in [7, 11) is 1.36. The van der Waals surface area contributed by atoms with Crippen molar-refractivity contribution in [3.63, 3.8) is 0 Å². The first-order chi connectivity index (χ1) is 13.0. The summed E-state index contributed by atoms with van der Waals surface area (Å²) in [4.78, 5) is 27.8. The Hall–Kier alpha value is -2.63. The third-order valence-corrected chi connectivity index (χ3v) is 5.51. The fourth-order valence-electron chi connectivity index (χ4n) is 3.83. The van der Waals surface area contributed by atoms with E-state index in [2.05, 4.69) is 9.72 Å². The van der Waals surface area contributed by atoms with Gasteiger partial charge in [-0.05, 0) is 37.7 Å². The molecule has 1 aromatic heterocycles. The lowest BCUT2D eigenvalue weighted by molar-refractivity contribution is -0.151. The maximum atomic E-state index is 12.0. The summed E-state index contributed by atoms with van der Waals surface area (Å²) in [5.41, 5.74) is 1.06. The van der Waals surface area contributed by atoms with Crippen LogP contribution in [0.5, 0.6) is 0 Å². The molecule has 1 aromatic carbocycles. The van der Waals surface area contributed by atoms with Gasteiger partial charge in [0, 0.05) is 12.3 Å². The van der Waals surface area contributed by atoms with Gasteiger partial charge in [0.05, 0.1) is 24.6 Å². The van der Waals surface area contributed by atoms with Crippen molar-refractivity contribution < 1.29 is 23.8 Å². The highest BCUT2D eigenvalue weighted by Crippen LogP contribution is 2.45. The topological polar surface area (TPSA) is 89.6 Å². The number of carbonyl (C=O) groups is 2. The largest absolute Gasteiger partial charge is 0.481 e. The predicted molar refractivity (Wildman–Crippen MR) is 98.3 cm³/mol. The third-order valence-electron chi connectivity index (χ3n) is 5.51. The lowest BCUT2D eigenvalue weighted by atomic mass is 9.67. The smallest absolute Gasteiger partial charge is 0.309 e. The van der Waals surface area contributed by atoms with Crippen LogP contribution >= 0.6 is 0 Å². The molecule has 0 saturated heterocycles. The molecule has 1 aliphatic rings. The van der Waals surface area contributed by atoms with Crippen molar-refractivity contribution in [2.45, 2.75) is 50.9 Å². The number of carboxylic acids is 1. The number of esters is 1. The first-order valence-electron chi connectivity index (χ1n) is 9.31. The number of aryl methyl sites for hydroxylation is 1. The summed E-state index contributed by atoms with van der Waals surface area (Å²) < 4.78 is 10.2. The minimum Gasteiger partial charge on any atom is -0.481 e. The van der Waals surface area contributed by atoms with Crippen LogP contribution in [0.25, 0.3) is 0 Å². The zero-order chi connectivity index (χ0) is 19.3. The molecule has 1 fully saturated rings. The second-order valence-corrected chi connectivity index (χ2v) is 7.28. The summed E-state index contributed by atoms with van der Waals surface area (Å²) in [6.45, 7) is 0. The minimum absolute atomic E-state index is 0.125. The molecule has 0 spiro atoms. The van der Waals surface area contributed by atoms with E-state index in [4.69, 9.17) is 4.42 Å². The Labute approximate surface area is 158 Å². The van der Waals surface area contributed by atoms with Crippen molar-refractivity contribution >= 4 is 11.9 Å². The molecular weight excluding hydrogens is 346 g/mol. The maximum Gasteiger partial charge on any atom is 0.309 e. The highest BCUT2D eigenvalue weighted by Gasteiger charge is 2.43. The van der Waals surface area contributed by atoms with Crippen LogP contribution in [0, 0.1) is 5.41 Å². The fourth-order valence-corrected chi connectivity index (χ4v) is 3.83. The van der Waals surface area contributed by atoms with Crippen molar-refractivity contribution in [2.75, 3.05) is 7.11 Å². The van der Waals surface area contributed by atoms with E-state index < -0.39 is 11.4 Å². The summed E-state index contributed by atoms with van der Waals surface area (Å²) >= 11 is 0. The molecule has 27 heavy (non-hydrogen) atoms. The first-order valence-corrected chi connectivity index (χ1v) is 9.31. The molecule has 0 atom stereocenters. The summed E-state index contributed by atoms with van der Waals surface area (Å²) in [6, 6.07) is 9.80. The van der Waals surface area contributed by atoms with Gasteiger partial charge < -0.3 is 14.3 Å². The zero-order valence-electron chi connectivity index (χ0n) is 15.5. The van der Waals surface area contributed by atoms with Gasteiger partial charge in [-0.25, -0.2) is 4.98 Å². The van der Waals surface area contributed by atoms with Crippen LogP contribution in [-0.4, -0.2) is 29.1 Å². The quantitative estimate of drug-likeness (QED) is 0.746. The molecule has 1 saturated carbocycles. The number of benzene rings is 1. The highest BCUT2D eigenvalue weighted by molar-refractivity contribution is 5.75. The number of hydrogen-bond acceptors (Lipinski definition) is 5. The van der Waals surface area contributed by atoms with Crippen molar-refractivity contribution in [1.29, 1.82) is 0 Å². The number of nitrogens with zero attached hydrogens (tertiary/aromatic N) is 1. The average molecular weight is 371 g/mol. The number of aliphatic carboxylic acids is 1. The molecule has 1 aliphatic carbocycles. The van der Waals surface area contributed by atoms with E-state index in [0.29, 0.717) is 31.6 Å². The molecule has 0 aliphatic heterocycles. The monoisotopic (exact) mass is 371 g/mol. The van der Waals surface area contributed by atoms with Crippen molar-refractivity contribution in [2.24, 2.45) is 5.41 Å². The second kappa shape index (κ2) is 8.37. The summed E-state index contributed by atoms with van der Waals surface area (Å²) in [5, 5.41) is 9.87. The molecule has 0 radical (unpaired) electrons. The molecule has 6 nitrogen and oxygen atoms in total. The Bertz CT molecular complexity index is 775. The van der Waals surface area contributed by atoms with E-state index in [1.807, 2.05) is 30.3 Å². The molecule has 0 unspecified atom stereocenters. The molecule has 0 amide bonds. The van der Waals surface area contributed by atoms with Crippen molar-refractivity contribution in [3.05, 3.63) is 53.7 Å². The Morgan fingerprint density at radius 1 is 1.26 bits per heavy atom. The van der Waals surface area contributed by atoms with Gasteiger partial charge in [-0.1, -0.05) is 30.3 Å². The van der Waals surface area contributed by atoms with E-state index in [0.717, 1.165) is 24.1 Å². The molecule has 144 valence electrons. The van der Waals surface area contributed by atoms with Crippen LogP contribution in [0.2, 0.25) is 0 Å². The van der Waals surface area contributed by atoms with Crippen LogP contribution in [0.1, 0.15) is 55.2 Å². The molecule has 1 heterocycles. The van der Waals surface area contributed by atoms with Crippen LogP contribution in [-0.2, 0) is 27.2 Å². The third kappa shape index (κ3) is 4.56. The molecule has 6 heteroatoms. The minimum atomic E-state index is -0.726. The van der Waals surface area contributed by atoms with Crippen LogP contribution in [0.4, 0.5) is 0 Å². The van der Waals surface area contributed by atoms with Gasteiger partial charge in [-0.15, -0.1) is 0 Å². The van der Waals surface area contributed by atoms with E-state index in [9.17, 15) is 14.7 Å². The normalized spacial score (nSPS) is 22.3. The summed E-state index contributed by atoms with van der Waals surface area (Å²) in [6.07, 6.45) is 5.55. The van der Waals surface area contributed by atoms with E-state index in [-0.39, 0.29) is 18.3 Å². The molecule has 1 N–H and O–H groups in total. The summed E-state index contributed by atoms with van der Waals surface area (Å²) in [5.74, 6) is -0.228. The Balaban J connectivity index is 1.62. The first kappa shape index (κ1) is 19.1. The van der Waals surface area contributed by atoms with E-state index in [1.54, 1.807) is 6.26 Å². The van der Waals surface area contributed by atoms with Gasteiger partial charge in [0.15, 0.2) is 5.89 Å². The Kier molecular flexibility index (Phi) is 5.94. The number of oxazole rings is 1. The number of methoxy groups -OCH3 is 1. The van der Waals surface area contributed by atoms with Crippen LogP contribution < -0.4 is 0 Å². The van der Waals surface area contributed by atoms with Gasteiger partial charge in [0.2, 0.25) is 0 Å². The predicted octanol–water partition coefficient (Wildman–Crippen LogP) is 3.75. The Morgan fingerprint density at radius 2 is 1.96 bits per heavy atom. The zero-order valence-corrected chi connectivity index (χ0v) is 15.5. The molecule has 3 rings (SSSR count). The van der Waals surface area contributed by atoms with Crippen LogP contribution in [0.3, 0.4) is 0 Å². The fraction of sp³-hybridized carbons (Fsp3) is 0.476. The number of aromatic nitrogens is 1. The van der Waals surface area contributed by atoms with E-state index in [1.165, 1.54) is 7.11 Å². The van der Waals surface area contributed by atoms with Crippen molar-refractivity contribution in [3.8, 4) is 0 Å². The maximum absolute atomic E-state index is 12.0. The average Bonchev–Trinajstić information content (AvgIpc) is 3.16. The number of hydrogen-bond donors (Lipinski definition) is 1. The lowest BCUT2D eigenvalue weighted by Gasteiger charge is -2.36. The van der Waals surface area contributed by atoms with Gasteiger partial charge in [0.25, 0.3) is 0 Å². The van der Waals surface area contributed by atoms with Gasteiger partial charge in [-0.2, -0.15) is 0 Å². The number of carboxylic acid groups (broad SMARTS) is 1. The lowest BCUT2D eigenvalue weighted by Crippen LogP contribution is -2.37. The number of ether oxygens (including phenoxy) is 1. The highest BCUT2D eigenvalue weighted by atomic mass is 16.5. The number of rotatable bonds is 7. The van der Waals surface area contributed by atoms with Gasteiger partial charge >= 0.3 is 11.9 Å². The standard InChI is InChI=1S/C21H25NO5/c1-26-18(23)8-7-17-14-27-19(22-17)16-9-11-21(12-10-16,20(24)25)13-15-5-3-2-4-6-15/h2-6,14,16H,7-13H2,1H3,(H,24,25). The van der Waals surface area contributed by atoms with Gasteiger partial charge in [0.1, 0.15) is 6.26 Å². The van der Waals surface area contributed by atoms with E-state index >= 15 is 0 Å². The van der Waals surface area contributed by atoms with Crippen LogP contribution in [0.15, 0.2) is 41.0 Å². The molecule has 2 aromatic rings. The molecule has 0 bridgehead atoms. The number of carbonyl (C=O) groups excluding carboxylic acids is 1.